The molecule has 1 atom stereocenters. The molecule has 30 heavy (non-hydrogen) atoms. The maximum Gasteiger partial charge on any atom is 0.252 e. The molecule has 2 aromatic carbocycles. The van der Waals surface area contributed by atoms with Crippen LogP contribution in [0.5, 0.6) is 17.2 Å². The van der Waals surface area contributed by atoms with E-state index in [1.54, 1.807) is 24.3 Å². The van der Waals surface area contributed by atoms with Crippen LogP contribution in [0.1, 0.15) is 29.8 Å². The lowest BCUT2D eigenvalue weighted by Crippen LogP contribution is -2.47. The third-order valence-corrected chi connectivity index (χ3v) is 4.44. The van der Waals surface area contributed by atoms with Crippen molar-refractivity contribution in [3.63, 3.8) is 0 Å². The van der Waals surface area contributed by atoms with Gasteiger partial charge in [-0.25, -0.2) is 0 Å². The first kappa shape index (κ1) is 22.6. The van der Waals surface area contributed by atoms with Gasteiger partial charge in [-0.1, -0.05) is 13.8 Å². The monoisotopic (exact) mass is 411 g/mol. The Balaban J connectivity index is 2.22. The van der Waals surface area contributed by atoms with Gasteiger partial charge in [-0.3, -0.25) is 9.59 Å². The summed E-state index contributed by atoms with van der Waals surface area (Å²) in [6.45, 7) is 3.66. The summed E-state index contributed by atoms with van der Waals surface area (Å²) in [6, 6.07) is 10.8. The lowest BCUT2D eigenvalue weighted by atomic mass is 10.0. The molecule has 0 fully saturated rings. The minimum atomic E-state index is -0.785. The molecule has 0 bridgehead atoms. The molecular weight excluding hydrogens is 386 g/mol. The predicted octanol–water partition coefficient (Wildman–Crippen LogP) is 2.98. The first-order valence-electron chi connectivity index (χ1n) is 9.26. The van der Waals surface area contributed by atoms with Crippen molar-refractivity contribution in [1.82, 2.24) is 5.32 Å². The minimum Gasteiger partial charge on any atom is -0.493 e. The molecule has 8 heteroatoms. The van der Waals surface area contributed by atoms with E-state index in [0.717, 1.165) is 0 Å². The summed E-state index contributed by atoms with van der Waals surface area (Å²) in [5, 5.41) is 14.4. The molecule has 2 aromatic rings. The minimum absolute atomic E-state index is 0.172. The highest BCUT2D eigenvalue weighted by Gasteiger charge is 2.26. The van der Waals surface area contributed by atoms with Gasteiger partial charge in [0.25, 0.3) is 5.91 Å². The second-order valence-corrected chi connectivity index (χ2v) is 6.79. The van der Waals surface area contributed by atoms with Crippen LogP contribution in [0.15, 0.2) is 36.4 Å². The molecule has 0 aliphatic heterocycles. The number of anilines is 1. The fourth-order valence-corrected chi connectivity index (χ4v) is 2.82. The Bertz CT molecular complexity index is 923. The third-order valence-electron chi connectivity index (χ3n) is 4.44. The van der Waals surface area contributed by atoms with Crippen LogP contribution in [-0.4, -0.2) is 39.2 Å². The Morgan fingerprint density at radius 1 is 0.967 bits per heavy atom. The highest BCUT2D eigenvalue weighted by atomic mass is 16.5. The number of hydrogen-bond donors (Lipinski definition) is 2. The van der Waals surface area contributed by atoms with Gasteiger partial charge in [-0.2, -0.15) is 5.26 Å². The summed E-state index contributed by atoms with van der Waals surface area (Å²) in [6.07, 6.45) is 0. The zero-order chi connectivity index (χ0) is 22.3. The van der Waals surface area contributed by atoms with Crippen LogP contribution in [0.25, 0.3) is 0 Å². The predicted molar refractivity (Wildman–Crippen MR) is 112 cm³/mol. The van der Waals surface area contributed by atoms with E-state index in [1.807, 2.05) is 19.9 Å². The van der Waals surface area contributed by atoms with Gasteiger partial charge in [-0.15, -0.1) is 0 Å². The number of ether oxygens (including phenoxy) is 3. The van der Waals surface area contributed by atoms with Gasteiger partial charge in [0.05, 0.1) is 33.0 Å². The number of carbonyl (C=O) groups excluding carboxylic acids is 2. The Labute approximate surface area is 175 Å². The Hall–Kier alpha value is -3.73. The summed E-state index contributed by atoms with van der Waals surface area (Å²) >= 11 is 0. The van der Waals surface area contributed by atoms with Crippen LogP contribution in [0.2, 0.25) is 0 Å². The van der Waals surface area contributed by atoms with E-state index >= 15 is 0 Å². The van der Waals surface area contributed by atoms with Crippen LogP contribution < -0.4 is 24.8 Å². The lowest BCUT2D eigenvalue weighted by Gasteiger charge is -2.22. The fraction of sp³-hybridized carbons (Fsp3) is 0.318. The van der Waals surface area contributed by atoms with Crippen molar-refractivity contribution in [3.05, 3.63) is 47.5 Å². The smallest absolute Gasteiger partial charge is 0.252 e. The van der Waals surface area contributed by atoms with E-state index in [2.05, 4.69) is 10.6 Å². The molecule has 0 aliphatic rings. The molecule has 0 saturated heterocycles. The molecule has 0 spiro atoms. The standard InChI is InChI=1S/C22H25N3O5/c1-13(2)19(22(27)24-16-8-6-14(12-23)7-9-16)25-21(26)15-10-17(28-3)20(30-5)18(11-15)29-4/h6-11,13,19H,1-5H3,(H,24,27)(H,25,26)/t19-/m0/s1. The summed E-state index contributed by atoms with van der Waals surface area (Å²) in [4.78, 5) is 25.6. The Morgan fingerprint density at radius 3 is 1.97 bits per heavy atom. The summed E-state index contributed by atoms with van der Waals surface area (Å²) in [7, 11) is 4.39. The van der Waals surface area contributed by atoms with Crippen molar-refractivity contribution in [2.45, 2.75) is 19.9 Å². The number of amides is 2. The van der Waals surface area contributed by atoms with Crippen LogP contribution in [0.3, 0.4) is 0 Å². The number of nitrogens with one attached hydrogen (secondary N) is 2. The molecular formula is C22H25N3O5. The molecule has 0 heterocycles. The second-order valence-electron chi connectivity index (χ2n) is 6.79. The van der Waals surface area contributed by atoms with E-state index in [1.165, 1.54) is 33.5 Å². The number of benzene rings is 2. The van der Waals surface area contributed by atoms with Gasteiger partial charge >= 0.3 is 0 Å². The Kier molecular flexibility index (Phi) is 7.64. The van der Waals surface area contributed by atoms with E-state index in [-0.39, 0.29) is 17.4 Å². The van der Waals surface area contributed by atoms with Crippen molar-refractivity contribution >= 4 is 17.5 Å². The number of nitrogens with zero attached hydrogens (tertiary/aromatic N) is 1. The Morgan fingerprint density at radius 2 is 1.53 bits per heavy atom. The average molecular weight is 411 g/mol. The van der Waals surface area contributed by atoms with Gasteiger partial charge in [0.2, 0.25) is 11.7 Å². The fourth-order valence-electron chi connectivity index (χ4n) is 2.82. The zero-order valence-electron chi connectivity index (χ0n) is 17.6. The van der Waals surface area contributed by atoms with E-state index < -0.39 is 11.9 Å². The summed E-state index contributed by atoms with van der Waals surface area (Å²) in [5.74, 6) is 0.0542. The number of rotatable bonds is 8. The van der Waals surface area contributed by atoms with Gasteiger partial charge in [0.15, 0.2) is 11.5 Å². The van der Waals surface area contributed by atoms with Crippen molar-refractivity contribution in [3.8, 4) is 23.3 Å². The van der Waals surface area contributed by atoms with Gasteiger partial charge in [0, 0.05) is 11.3 Å². The maximum absolute atomic E-state index is 12.9. The first-order valence-corrected chi connectivity index (χ1v) is 9.26. The molecule has 0 radical (unpaired) electrons. The van der Waals surface area contributed by atoms with E-state index in [9.17, 15) is 9.59 Å². The number of hydrogen-bond acceptors (Lipinski definition) is 6. The van der Waals surface area contributed by atoms with Crippen molar-refractivity contribution < 1.29 is 23.8 Å². The van der Waals surface area contributed by atoms with Gasteiger partial charge in [0.1, 0.15) is 6.04 Å². The SMILES string of the molecule is COc1cc(C(=O)N[C@H](C(=O)Nc2ccc(C#N)cc2)C(C)C)cc(OC)c1OC. The highest BCUT2D eigenvalue weighted by molar-refractivity contribution is 6.01. The van der Waals surface area contributed by atoms with Gasteiger partial charge in [-0.05, 0) is 42.3 Å². The second kappa shape index (κ2) is 10.2. The topological polar surface area (TPSA) is 110 Å². The maximum atomic E-state index is 12.9. The van der Waals surface area contributed by atoms with Crippen LogP contribution in [0, 0.1) is 17.2 Å². The normalized spacial score (nSPS) is 11.2. The van der Waals surface area contributed by atoms with E-state index in [4.69, 9.17) is 19.5 Å². The summed E-state index contributed by atoms with van der Waals surface area (Å²) < 4.78 is 15.8. The van der Waals surface area contributed by atoms with Crippen molar-refractivity contribution in [2.24, 2.45) is 5.92 Å². The molecule has 0 saturated carbocycles. The van der Waals surface area contributed by atoms with Crippen LogP contribution in [-0.2, 0) is 4.79 Å². The largest absolute Gasteiger partial charge is 0.493 e. The number of methoxy groups -OCH3 is 3. The zero-order valence-corrected chi connectivity index (χ0v) is 17.6. The quantitative estimate of drug-likeness (QED) is 0.691. The molecule has 158 valence electrons. The van der Waals surface area contributed by atoms with E-state index in [0.29, 0.717) is 28.5 Å². The molecule has 0 unspecified atom stereocenters. The number of carbonyl (C=O) groups is 2. The molecule has 2 rings (SSSR count). The lowest BCUT2D eigenvalue weighted by molar-refractivity contribution is -0.118. The van der Waals surface area contributed by atoms with Crippen molar-refractivity contribution in [1.29, 1.82) is 5.26 Å². The van der Waals surface area contributed by atoms with Crippen LogP contribution >= 0.6 is 0 Å². The summed E-state index contributed by atoms with van der Waals surface area (Å²) in [5.41, 5.74) is 1.29. The van der Waals surface area contributed by atoms with Crippen LogP contribution in [0.4, 0.5) is 5.69 Å². The number of nitriles is 1. The van der Waals surface area contributed by atoms with Crippen molar-refractivity contribution in [2.75, 3.05) is 26.6 Å². The third kappa shape index (κ3) is 5.20. The first-order chi connectivity index (χ1) is 14.3. The molecule has 0 aliphatic carbocycles. The molecule has 2 amide bonds. The van der Waals surface area contributed by atoms with Gasteiger partial charge < -0.3 is 24.8 Å². The molecule has 0 aromatic heterocycles. The average Bonchev–Trinajstić information content (AvgIpc) is 2.76. The highest BCUT2D eigenvalue weighted by Crippen LogP contribution is 2.38. The molecule has 8 nitrogen and oxygen atoms in total. The molecule has 2 N–H and O–H groups in total.